The van der Waals surface area contributed by atoms with E-state index in [0.29, 0.717) is 32.6 Å². The summed E-state index contributed by atoms with van der Waals surface area (Å²) >= 11 is 6.70. The van der Waals surface area contributed by atoms with Gasteiger partial charge in [0, 0.05) is 11.1 Å². The maximum atomic E-state index is 14.6. The van der Waals surface area contributed by atoms with Gasteiger partial charge in [0.2, 0.25) is 0 Å². The number of rotatable bonds is 10. The average molecular weight is 931 g/mol. The van der Waals surface area contributed by atoms with Crippen molar-refractivity contribution in [3.05, 3.63) is 56.0 Å². The number of aliphatic hydroxyl groups is 1. The Labute approximate surface area is 338 Å². The third-order valence-electron chi connectivity index (χ3n) is 10.9. The minimum atomic E-state index is -1.99. The summed E-state index contributed by atoms with van der Waals surface area (Å²) < 4.78 is 57.8. The number of cyclic esters (lactones) is 2. The number of esters is 2. The first-order valence-corrected chi connectivity index (χ1v) is 21.9. The van der Waals surface area contributed by atoms with Crippen molar-refractivity contribution < 1.29 is 56.5 Å². The third kappa shape index (κ3) is 8.80. The summed E-state index contributed by atoms with van der Waals surface area (Å²) in [5, 5.41) is 12.4. The van der Waals surface area contributed by atoms with E-state index in [1.54, 1.807) is 19.1 Å². The number of benzene rings is 2. The molecule has 2 aromatic rings. The van der Waals surface area contributed by atoms with Gasteiger partial charge >= 0.3 is 11.9 Å². The highest BCUT2D eigenvalue weighted by molar-refractivity contribution is 9.11. The van der Waals surface area contributed by atoms with E-state index in [-0.39, 0.29) is 78.8 Å². The minimum Gasteiger partial charge on any atom is -0.495 e. The Morgan fingerprint density at radius 1 is 0.796 bits per heavy atom. The predicted octanol–water partition coefficient (Wildman–Crippen LogP) is 6.72. The van der Waals surface area contributed by atoms with Crippen LogP contribution in [-0.2, 0) is 46.3 Å². The zero-order valence-electron chi connectivity index (χ0n) is 31.7. The average Bonchev–Trinajstić information content (AvgIpc) is 3.81. The fourth-order valence-electron chi connectivity index (χ4n) is 7.01. The Hall–Kier alpha value is -1.93. The van der Waals surface area contributed by atoms with Gasteiger partial charge in [0.1, 0.15) is 59.6 Å². The SMILES string of the molecule is COc1c(Br)ccc(F)c1CN1O[C@@H](CO)C2C1C(=O)O[C@H]2C.COc1c(Br)ccc(F)c1CN1O[C@@H](CO[Si](C)(C)C(C)(C)C)C2C1C(=O)O[C@H]2C.Cl. The van der Waals surface area contributed by atoms with E-state index in [0.717, 1.165) is 0 Å². The fraction of sp³-hybridized carbons (Fsp3) is 0.611. The molecule has 4 saturated heterocycles. The molecular formula is C36H49Br2ClF2N2O10Si. The van der Waals surface area contributed by atoms with Gasteiger partial charge in [-0.15, -0.1) is 12.4 Å². The summed E-state index contributed by atoms with van der Waals surface area (Å²) in [4.78, 5) is 36.5. The van der Waals surface area contributed by atoms with Crippen molar-refractivity contribution >= 4 is 64.5 Å². The topological polar surface area (TPSA) is 125 Å². The normalized spacial score (nSPS) is 28.1. The Balaban J connectivity index is 0.000000244. The zero-order chi connectivity index (χ0) is 39.2. The lowest BCUT2D eigenvalue weighted by atomic mass is 9.93. The number of fused-ring (bicyclic) bond motifs is 2. The van der Waals surface area contributed by atoms with Gasteiger partial charge in [-0.2, -0.15) is 10.1 Å². The van der Waals surface area contributed by atoms with Crippen molar-refractivity contribution in [1.82, 2.24) is 10.1 Å². The molecule has 1 N–H and O–H groups in total. The largest absolute Gasteiger partial charge is 0.495 e. The number of aliphatic hydroxyl groups excluding tert-OH is 1. The molecule has 8 atom stereocenters. The zero-order valence-corrected chi connectivity index (χ0v) is 36.7. The van der Waals surface area contributed by atoms with E-state index in [9.17, 15) is 23.5 Å². The van der Waals surface area contributed by atoms with E-state index in [2.05, 4.69) is 65.7 Å². The van der Waals surface area contributed by atoms with Gasteiger partial charge in [-0.1, -0.05) is 20.8 Å². The molecule has 0 aliphatic carbocycles. The second kappa shape index (κ2) is 17.7. The fourth-order valence-corrected chi connectivity index (χ4v) is 9.09. The van der Waals surface area contributed by atoms with Crippen LogP contribution in [0.1, 0.15) is 45.7 Å². The first kappa shape index (κ1) is 44.8. The molecular weight excluding hydrogens is 882 g/mol. The van der Waals surface area contributed by atoms with E-state index in [1.165, 1.54) is 36.5 Å². The Morgan fingerprint density at radius 3 is 1.59 bits per heavy atom. The van der Waals surface area contributed by atoms with Gasteiger partial charge < -0.3 is 28.5 Å². The molecule has 0 saturated carbocycles. The van der Waals surface area contributed by atoms with E-state index in [4.69, 9.17) is 33.0 Å². The van der Waals surface area contributed by atoms with Crippen molar-refractivity contribution in [3.63, 3.8) is 0 Å². The lowest BCUT2D eigenvalue weighted by Gasteiger charge is -2.37. The Bertz CT molecular complexity index is 1690. The molecule has 4 aliphatic heterocycles. The minimum absolute atomic E-state index is 0. The molecule has 4 heterocycles. The summed E-state index contributed by atoms with van der Waals surface area (Å²) in [5.41, 5.74) is 0.593. The van der Waals surface area contributed by atoms with Crippen LogP contribution in [0.25, 0.3) is 0 Å². The summed E-state index contributed by atoms with van der Waals surface area (Å²) in [6, 6.07) is 4.56. The molecule has 6 rings (SSSR count). The van der Waals surface area contributed by atoms with Crippen molar-refractivity contribution in [1.29, 1.82) is 0 Å². The Morgan fingerprint density at radius 2 is 1.20 bits per heavy atom. The summed E-state index contributed by atoms with van der Waals surface area (Å²) in [7, 11) is 0.935. The number of carbonyl (C=O) groups is 2. The molecule has 18 heteroatoms. The number of hydroxylamine groups is 4. The maximum Gasteiger partial charge on any atom is 0.326 e. The number of hydrogen-bond acceptors (Lipinski definition) is 12. The van der Waals surface area contributed by atoms with Gasteiger partial charge in [-0.3, -0.25) is 19.3 Å². The van der Waals surface area contributed by atoms with Crippen LogP contribution >= 0.6 is 44.3 Å². The van der Waals surface area contributed by atoms with Gasteiger partial charge in [0.15, 0.2) is 8.32 Å². The van der Waals surface area contributed by atoms with Gasteiger partial charge in [-0.25, -0.2) is 8.78 Å². The monoisotopic (exact) mass is 928 g/mol. The molecule has 0 spiro atoms. The molecule has 54 heavy (non-hydrogen) atoms. The molecule has 4 fully saturated rings. The second-order valence-corrected chi connectivity index (χ2v) is 21.6. The summed E-state index contributed by atoms with van der Waals surface area (Å²) in [6.45, 7) is 14.7. The molecule has 0 radical (unpaired) electrons. The van der Waals surface area contributed by atoms with Crippen molar-refractivity contribution in [2.45, 2.75) is 102 Å². The lowest BCUT2D eigenvalue weighted by molar-refractivity contribution is -0.196. The molecule has 0 aromatic heterocycles. The highest BCUT2D eigenvalue weighted by Crippen LogP contribution is 2.43. The summed E-state index contributed by atoms with van der Waals surface area (Å²) in [6.07, 6.45) is -1.55. The first-order valence-electron chi connectivity index (χ1n) is 17.4. The molecule has 0 bridgehead atoms. The van der Waals surface area contributed by atoms with Gasteiger partial charge in [0.05, 0.1) is 61.3 Å². The molecule has 12 nitrogen and oxygen atoms in total. The molecule has 4 aliphatic rings. The van der Waals surface area contributed by atoms with Crippen LogP contribution in [0.2, 0.25) is 18.1 Å². The predicted molar refractivity (Wildman–Crippen MR) is 205 cm³/mol. The quantitative estimate of drug-likeness (QED) is 0.201. The van der Waals surface area contributed by atoms with Crippen LogP contribution in [0.5, 0.6) is 11.5 Å². The second-order valence-electron chi connectivity index (χ2n) is 15.1. The highest BCUT2D eigenvalue weighted by atomic mass is 79.9. The number of methoxy groups -OCH3 is 2. The molecule has 4 unspecified atom stereocenters. The number of halogens is 5. The van der Waals surface area contributed by atoms with Crippen LogP contribution < -0.4 is 9.47 Å². The van der Waals surface area contributed by atoms with Gasteiger partial charge in [0.25, 0.3) is 0 Å². The van der Waals surface area contributed by atoms with Crippen LogP contribution in [-0.4, -0.2) is 99.4 Å². The first-order chi connectivity index (χ1) is 24.8. The van der Waals surface area contributed by atoms with Crippen molar-refractivity contribution in [2.75, 3.05) is 27.4 Å². The van der Waals surface area contributed by atoms with Crippen LogP contribution in [0.4, 0.5) is 8.78 Å². The Kier molecular flexibility index (Phi) is 14.7. The van der Waals surface area contributed by atoms with E-state index >= 15 is 0 Å². The smallest absolute Gasteiger partial charge is 0.326 e. The van der Waals surface area contributed by atoms with E-state index in [1.807, 2.05) is 6.92 Å². The molecule has 2 aromatic carbocycles. The number of hydrogen-bond donors (Lipinski definition) is 1. The molecule has 302 valence electrons. The van der Waals surface area contributed by atoms with Crippen LogP contribution in [0, 0.1) is 23.5 Å². The number of ether oxygens (including phenoxy) is 4. The van der Waals surface area contributed by atoms with Crippen molar-refractivity contribution in [2.24, 2.45) is 11.8 Å². The standard InChI is InChI=1S/C21H31BrFNO5Si.C15H17BrFNO5.ClH/c1-12-17-16(11-27-30(6,7)21(2,3)4)29-24(18(17)20(25)28-12)10-13-15(23)9-8-14(22)19(13)26-5;1-7-12-11(6-19)23-18(13(12)15(20)22-7)5-8-10(17)4-3-9(16)14(8)21-2;/h8-9,12,16-18H,10-11H2,1-7H3;3-4,7,11-13,19H,5-6H2,1-2H3;1H/t12-,16-,17?,18?;7-,11-,12?,13?;/m00./s1. The lowest BCUT2D eigenvalue weighted by Crippen LogP contribution is -2.44. The third-order valence-corrected chi connectivity index (χ3v) is 16.6. The van der Waals surface area contributed by atoms with Crippen LogP contribution in [0.3, 0.4) is 0 Å². The highest BCUT2D eigenvalue weighted by Gasteiger charge is 2.58. The molecule has 0 amide bonds. The van der Waals surface area contributed by atoms with Gasteiger partial charge in [-0.05, 0) is 88.1 Å². The van der Waals surface area contributed by atoms with E-state index < -0.39 is 44.1 Å². The van der Waals surface area contributed by atoms with Crippen molar-refractivity contribution in [3.8, 4) is 11.5 Å². The summed E-state index contributed by atoms with van der Waals surface area (Å²) in [5.74, 6) is -1.39. The number of carbonyl (C=O) groups excluding carboxylic acids is 2. The van der Waals surface area contributed by atoms with Crippen LogP contribution in [0.15, 0.2) is 33.2 Å². The number of nitrogens with zero attached hydrogens (tertiary/aromatic N) is 2. The maximum absolute atomic E-state index is 14.6.